The first-order valence-electron chi connectivity index (χ1n) is 12.3. The molecule has 35 heavy (non-hydrogen) atoms. The van der Waals surface area contributed by atoms with Gasteiger partial charge in [-0.2, -0.15) is 0 Å². The third kappa shape index (κ3) is 23.6. The first-order chi connectivity index (χ1) is 17.0. The fraction of sp³-hybridized carbons (Fsp3) is 0.464. The van der Waals surface area contributed by atoms with Crippen LogP contribution in [0.25, 0.3) is 0 Å². The van der Waals surface area contributed by atoms with Crippen LogP contribution in [0.15, 0.2) is 72.9 Å². The van der Waals surface area contributed by atoms with Crippen molar-refractivity contribution < 1.29 is 19.5 Å². The second kappa shape index (κ2) is 23.8. The molecule has 0 unspecified atom stereocenters. The first kappa shape index (κ1) is 31.6. The van der Waals surface area contributed by atoms with Gasteiger partial charge in [0, 0.05) is 26.6 Å². The molecule has 0 radical (unpaired) electrons. The number of carbonyl (C=O) groups is 3. The van der Waals surface area contributed by atoms with Crippen LogP contribution in [0.5, 0.6) is 0 Å². The van der Waals surface area contributed by atoms with Crippen molar-refractivity contribution in [2.75, 3.05) is 26.7 Å². The maximum Gasteiger partial charge on any atom is 0.407 e. The fourth-order valence-electron chi connectivity index (χ4n) is 2.69. The van der Waals surface area contributed by atoms with E-state index in [0.29, 0.717) is 19.4 Å². The molecule has 0 aliphatic carbocycles. The van der Waals surface area contributed by atoms with E-state index >= 15 is 0 Å². The van der Waals surface area contributed by atoms with E-state index in [9.17, 15) is 14.4 Å². The van der Waals surface area contributed by atoms with Gasteiger partial charge < -0.3 is 20.6 Å². The number of rotatable bonds is 19. The van der Waals surface area contributed by atoms with E-state index < -0.39 is 12.0 Å². The summed E-state index contributed by atoms with van der Waals surface area (Å²) in [5.74, 6) is -0.483. The van der Waals surface area contributed by atoms with E-state index in [2.05, 4.69) is 78.3 Å². The highest BCUT2D eigenvalue weighted by Crippen LogP contribution is 1.97. The average molecular weight is 486 g/mol. The van der Waals surface area contributed by atoms with Gasteiger partial charge in [-0.15, -0.1) is 0 Å². The maximum absolute atomic E-state index is 11.8. The van der Waals surface area contributed by atoms with E-state index in [-0.39, 0.29) is 19.0 Å². The third-order valence-electron chi connectivity index (χ3n) is 4.61. The lowest BCUT2D eigenvalue weighted by atomic mass is 10.2. The summed E-state index contributed by atoms with van der Waals surface area (Å²) < 4.78 is 0. The molecule has 3 N–H and O–H groups in total. The molecule has 7 nitrogen and oxygen atoms in total. The third-order valence-corrected chi connectivity index (χ3v) is 4.61. The lowest BCUT2D eigenvalue weighted by Gasteiger charge is -2.12. The van der Waals surface area contributed by atoms with E-state index in [1.54, 1.807) is 0 Å². The second-order valence-electron chi connectivity index (χ2n) is 7.79. The molecule has 0 saturated carbocycles. The van der Waals surface area contributed by atoms with Crippen molar-refractivity contribution in [3.05, 3.63) is 72.9 Å². The van der Waals surface area contributed by atoms with Gasteiger partial charge in [-0.3, -0.25) is 9.59 Å². The lowest BCUT2D eigenvalue weighted by molar-refractivity contribution is -0.123. The normalized spacial score (nSPS) is 12.2. The van der Waals surface area contributed by atoms with Crippen LogP contribution in [-0.2, 0) is 9.59 Å². The van der Waals surface area contributed by atoms with Crippen LogP contribution in [0, 0.1) is 0 Å². The Balaban J connectivity index is 3.65. The molecule has 0 aromatic rings. The smallest absolute Gasteiger partial charge is 0.407 e. The maximum atomic E-state index is 11.8. The minimum absolute atomic E-state index is 0.0820. The van der Waals surface area contributed by atoms with Gasteiger partial charge in [-0.1, -0.05) is 79.8 Å². The minimum Gasteiger partial charge on any atom is -0.465 e. The topological polar surface area (TPSA) is 98.7 Å². The van der Waals surface area contributed by atoms with Crippen molar-refractivity contribution in [1.82, 2.24) is 15.5 Å². The number of hydrogen-bond donors (Lipinski definition) is 3. The summed E-state index contributed by atoms with van der Waals surface area (Å²) in [6.07, 6.45) is 31.4. The molecule has 0 bridgehead atoms. The summed E-state index contributed by atoms with van der Waals surface area (Å²) in [4.78, 5) is 34.8. The predicted molar refractivity (Wildman–Crippen MR) is 144 cm³/mol. The zero-order chi connectivity index (χ0) is 26.0. The Hall–Kier alpha value is -3.35. The van der Waals surface area contributed by atoms with Crippen LogP contribution in [0.3, 0.4) is 0 Å². The van der Waals surface area contributed by atoms with Gasteiger partial charge in [0.25, 0.3) is 0 Å². The van der Waals surface area contributed by atoms with Crippen LogP contribution in [0.4, 0.5) is 4.79 Å². The van der Waals surface area contributed by atoms with Gasteiger partial charge in [-0.25, -0.2) is 4.79 Å². The molecule has 3 amide bonds. The second-order valence-corrected chi connectivity index (χ2v) is 7.79. The number of nitrogens with one attached hydrogen (secondary N) is 2. The molecule has 0 aromatic carbocycles. The van der Waals surface area contributed by atoms with Crippen molar-refractivity contribution in [3.63, 3.8) is 0 Å². The molecule has 0 saturated heterocycles. The molecular weight excluding hydrogens is 442 g/mol. The summed E-state index contributed by atoms with van der Waals surface area (Å²) in [5.41, 5.74) is 0. The quantitative estimate of drug-likeness (QED) is 0.171. The van der Waals surface area contributed by atoms with Crippen molar-refractivity contribution in [3.8, 4) is 0 Å². The molecule has 0 aromatic heterocycles. The van der Waals surface area contributed by atoms with Crippen LogP contribution >= 0.6 is 0 Å². The SMILES string of the molecule is CCC=CCC=CCC=CCC=CCC=CCC=CCCC(=O)NCCNC(=O)CN(C)C(=O)O. The van der Waals surface area contributed by atoms with E-state index in [0.717, 1.165) is 43.4 Å². The number of likely N-dealkylation sites (N-methyl/N-ethyl adjacent to an activating group) is 1. The zero-order valence-electron chi connectivity index (χ0n) is 21.3. The van der Waals surface area contributed by atoms with Crippen molar-refractivity contribution in [2.45, 2.75) is 58.3 Å². The Morgan fingerprint density at radius 1 is 0.657 bits per heavy atom. The van der Waals surface area contributed by atoms with Crippen molar-refractivity contribution >= 4 is 17.9 Å². The van der Waals surface area contributed by atoms with Crippen LogP contribution < -0.4 is 10.6 Å². The van der Waals surface area contributed by atoms with Gasteiger partial charge >= 0.3 is 6.09 Å². The van der Waals surface area contributed by atoms with Gasteiger partial charge in [0.05, 0.1) is 0 Å². The molecule has 0 atom stereocenters. The number of hydrogen-bond acceptors (Lipinski definition) is 3. The van der Waals surface area contributed by atoms with Crippen LogP contribution in [0.2, 0.25) is 0 Å². The first-order valence-corrected chi connectivity index (χ1v) is 12.3. The van der Waals surface area contributed by atoms with Gasteiger partial charge in [0.2, 0.25) is 11.8 Å². The van der Waals surface area contributed by atoms with E-state index in [1.165, 1.54) is 7.05 Å². The number of carboxylic acid groups (broad SMARTS) is 1. The zero-order valence-corrected chi connectivity index (χ0v) is 21.3. The van der Waals surface area contributed by atoms with Crippen LogP contribution in [0.1, 0.15) is 58.3 Å². The summed E-state index contributed by atoms with van der Waals surface area (Å²) in [5, 5.41) is 14.0. The van der Waals surface area contributed by atoms with Gasteiger partial charge in [0.1, 0.15) is 6.54 Å². The largest absolute Gasteiger partial charge is 0.465 e. The molecule has 0 spiro atoms. The summed E-state index contributed by atoms with van der Waals surface area (Å²) in [6.45, 7) is 2.48. The number of allylic oxidation sites excluding steroid dienone is 12. The standard InChI is InChI=1S/C28H43N3O4/c1-3-4-5-6-7-8-9-10-11-12-13-14-15-16-17-18-19-20-21-22-26(32)29-23-24-30-27(33)25-31(2)28(34)35/h4-5,7-8,10-11,13-14,16-17,19-20H,3,6,9,12,15,18,21-25H2,1-2H3,(H,29,32)(H,30,33)(H,34,35). The van der Waals surface area contributed by atoms with Crippen molar-refractivity contribution in [2.24, 2.45) is 0 Å². The molecule has 194 valence electrons. The summed E-state index contributed by atoms with van der Waals surface area (Å²) in [7, 11) is 1.32. The highest BCUT2D eigenvalue weighted by atomic mass is 16.4. The Kier molecular flexibility index (Phi) is 21.5. The minimum atomic E-state index is -1.16. The lowest BCUT2D eigenvalue weighted by Crippen LogP contribution is -2.40. The molecule has 0 heterocycles. The molecular formula is C28H43N3O4. The number of nitrogens with zero attached hydrogens (tertiary/aromatic N) is 1. The Bertz CT molecular complexity index is 764. The highest BCUT2D eigenvalue weighted by molar-refractivity contribution is 5.81. The van der Waals surface area contributed by atoms with Gasteiger partial charge in [0.15, 0.2) is 0 Å². The Morgan fingerprint density at radius 3 is 1.49 bits per heavy atom. The molecule has 0 aliphatic heterocycles. The summed E-state index contributed by atoms with van der Waals surface area (Å²) in [6, 6.07) is 0. The van der Waals surface area contributed by atoms with Gasteiger partial charge in [-0.05, 0) is 44.9 Å². The molecule has 0 rings (SSSR count). The monoisotopic (exact) mass is 485 g/mol. The number of amides is 3. The van der Waals surface area contributed by atoms with Crippen LogP contribution in [-0.4, -0.2) is 54.6 Å². The fourth-order valence-corrected chi connectivity index (χ4v) is 2.69. The van der Waals surface area contributed by atoms with E-state index in [1.807, 2.05) is 12.2 Å². The Labute approximate surface area is 211 Å². The number of carbonyl (C=O) groups excluding carboxylic acids is 2. The average Bonchev–Trinajstić information content (AvgIpc) is 2.83. The Morgan fingerprint density at radius 2 is 1.06 bits per heavy atom. The predicted octanol–water partition coefficient (Wildman–Crippen LogP) is 5.31. The molecule has 0 aliphatic rings. The summed E-state index contributed by atoms with van der Waals surface area (Å²) >= 11 is 0. The highest BCUT2D eigenvalue weighted by Gasteiger charge is 2.10. The molecule has 7 heteroatoms. The van der Waals surface area contributed by atoms with Crippen molar-refractivity contribution in [1.29, 1.82) is 0 Å². The van der Waals surface area contributed by atoms with E-state index in [4.69, 9.17) is 5.11 Å². The molecule has 0 fully saturated rings.